The van der Waals surface area contributed by atoms with Crippen molar-refractivity contribution in [3.63, 3.8) is 0 Å². The first-order chi connectivity index (χ1) is 16.8. The second-order valence-corrected chi connectivity index (χ2v) is 10.1. The van der Waals surface area contributed by atoms with E-state index in [0.29, 0.717) is 5.56 Å². The average molecular weight is 479 g/mol. The van der Waals surface area contributed by atoms with Gasteiger partial charge in [-0.2, -0.15) is 0 Å². The summed E-state index contributed by atoms with van der Waals surface area (Å²) < 4.78 is 4.78. The zero-order chi connectivity index (χ0) is 24.9. The minimum atomic E-state index is -0.321. The summed E-state index contributed by atoms with van der Waals surface area (Å²) in [5.41, 5.74) is 3.73. The SMILES string of the molecule is COC(=O)c1ccc(CN2C[C@@H](C)N(C(=O)c3ccc(CN4CCN(C)CC4)cc3)[C@@H](C)C2)cc1. The van der Waals surface area contributed by atoms with Crippen LogP contribution < -0.4 is 0 Å². The normalized spacial score (nSPS) is 22.2. The van der Waals surface area contributed by atoms with Gasteiger partial charge in [0, 0.05) is 70.0 Å². The highest BCUT2D eigenvalue weighted by atomic mass is 16.5. The smallest absolute Gasteiger partial charge is 0.337 e. The Morgan fingerprint density at radius 1 is 0.771 bits per heavy atom. The Kier molecular flexibility index (Phi) is 8.21. The molecule has 2 atom stereocenters. The molecule has 0 aromatic heterocycles. The van der Waals surface area contributed by atoms with E-state index in [0.717, 1.165) is 63.5 Å². The van der Waals surface area contributed by atoms with Gasteiger partial charge in [0.25, 0.3) is 5.91 Å². The molecule has 0 aliphatic carbocycles. The van der Waals surface area contributed by atoms with E-state index in [-0.39, 0.29) is 24.0 Å². The molecular formula is C28H38N4O3. The fourth-order valence-corrected chi connectivity index (χ4v) is 5.25. The molecule has 2 heterocycles. The van der Waals surface area contributed by atoms with E-state index in [1.807, 2.05) is 29.2 Å². The maximum atomic E-state index is 13.4. The summed E-state index contributed by atoms with van der Waals surface area (Å²) in [5.74, 6) is -0.212. The molecule has 2 aliphatic rings. The summed E-state index contributed by atoms with van der Waals surface area (Å²) in [6, 6.07) is 16.0. The lowest BCUT2D eigenvalue weighted by atomic mass is 10.0. The molecule has 2 aliphatic heterocycles. The van der Waals surface area contributed by atoms with Crippen molar-refractivity contribution < 1.29 is 14.3 Å². The number of carbonyl (C=O) groups is 2. The van der Waals surface area contributed by atoms with Gasteiger partial charge in [0.1, 0.15) is 0 Å². The van der Waals surface area contributed by atoms with Gasteiger partial charge in [-0.05, 0) is 56.3 Å². The van der Waals surface area contributed by atoms with Gasteiger partial charge in [-0.3, -0.25) is 14.6 Å². The number of carbonyl (C=O) groups excluding carboxylic acids is 2. The molecule has 0 N–H and O–H groups in total. The van der Waals surface area contributed by atoms with Crippen molar-refractivity contribution in [2.24, 2.45) is 0 Å². The van der Waals surface area contributed by atoms with Crippen molar-refractivity contribution in [2.75, 3.05) is 53.4 Å². The van der Waals surface area contributed by atoms with Crippen LogP contribution in [0, 0.1) is 0 Å². The highest BCUT2D eigenvalue weighted by Crippen LogP contribution is 2.22. The van der Waals surface area contributed by atoms with Crippen LogP contribution in [0.25, 0.3) is 0 Å². The van der Waals surface area contributed by atoms with Gasteiger partial charge in [-0.15, -0.1) is 0 Å². The quantitative estimate of drug-likeness (QED) is 0.595. The fraction of sp³-hybridized carbons (Fsp3) is 0.500. The van der Waals surface area contributed by atoms with Gasteiger partial charge in [-0.1, -0.05) is 24.3 Å². The van der Waals surface area contributed by atoms with Crippen molar-refractivity contribution >= 4 is 11.9 Å². The van der Waals surface area contributed by atoms with Gasteiger partial charge >= 0.3 is 5.97 Å². The standard InChI is InChI=1S/C28H38N4O3/c1-21-17-31(20-24-7-11-26(12-8-24)28(34)35-4)18-22(2)32(21)27(33)25-9-5-23(6-10-25)19-30-15-13-29(3)14-16-30/h5-12,21-22H,13-20H2,1-4H3/t21-,22+. The lowest BCUT2D eigenvalue weighted by molar-refractivity contribution is 0.0268. The van der Waals surface area contributed by atoms with E-state index in [9.17, 15) is 9.59 Å². The van der Waals surface area contributed by atoms with E-state index >= 15 is 0 Å². The number of piperazine rings is 2. The number of esters is 1. The minimum Gasteiger partial charge on any atom is -0.465 e. The molecule has 0 saturated carbocycles. The number of nitrogens with zero attached hydrogens (tertiary/aromatic N) is 4. The van der Waals surface area contributed by atoms with Crippen LogP contribution in [-0.4, -0.2) is 97.0 Å². The average Bonchev–Trinajstić information content (AvgIpc) is 2.85. The third-order valence-corrected chi connectivity index (χ3v) is 7.21. The lowest BCUT2D eigenvalue weighted by Crippen LogP contribution is -2.58. The van der Waals surface area contributed by atoms with Crippen molar-refractivity contribution in [1.82, 2.24) is 19.6 Å². The van der Waals surface area contributed by atoms with Crippen LogP contribution in [0.5, 0.6) is 0 Å². The molecule has 7 heteroatoms. The van der Waals surface area contributed by atoms with Crippen molar-refractivity contribution in [2.45, 2.75) is 39.0 Å². The molecule has 2 aromatic rings. The number of hydrogen-bond acceptors (Lipinski definition) is 6. The first kappa shape index (κ1) is 25.4. The van der Waals surface area contributed by atoms with Crippen LogP contribution in [0.2, 0.25) is 0 Å². The highest BCUT2D eigenvalue weighted by molar-refractivity contribution is 5.94. The fourth-order valence-electron chi connectivity index (χ4n) is 5.25. The van der Waals surface area contributed by atoms with E-state index in [1.54, 1.807) is 12.1 Å². The molecular weight excluding hydrogens is 440 g/mol. The van der Waals surface area contributed by atoms with Crippen molar-refractivity contribution in [1.29, 1.82) is 0 Å². The maximum Gasteiger partial charge on any atom is 0.337 e. The molecule has 2 saturated heterocycles. The van der Waals surface area contributed by atoms with E-state index in [1.165, 1.54) is 12.7 Å². The van der Waals surface area contributed by atoms with Crippen LogP contribution >= 0.6 is 0 Å². The molecule has 0 spiro atoms. The Morgan fingerprint density at radius 2 is 1.26 bits per heavy atom. The Bertz CT molecular complexity index is 988. The predicted octanol–water partition coefficient (Wildman–Crippen LogP) is 2.96. The molecule has 0 radical (unpaired) electrons. The van der Waals surface area contributed by atoms with Crippen molar-refractivity contribution in [3.8, 4) is 0 Å². The molecule has 0 unspecified atom stereocenters. The Hall–Kier alpha value is -2.74. The number of rotatable bonds is 6. The third kappa shape index (κ3) is 6.28. The largest absolute Gasteiger partial charge is 0.465 e. The van der Waals surface area contributed by atoms with E-state index in [4.69, 9.17) is 4.74 Å². The molecule has 2 fully saturated rings. The number of likely N-dealkylation sites (N-methyl/N-ethyl adjacent to an activating group) is 1. The monoisotopic (exact) mass is 478 g/mol. The third-order valence-electron chi connectivity index (χ3n) is 7.21. The number of ether oxygens (including phenoxy) is 1. The highest BCUT2D eigenvalue weighted by Gasteiger charge is 2.33. The molecule has 35 heavy (non-hydrogen) atoms. The van der Waals surface area contributed by atoms with Crippen LogP contribution in [0.4, 0.5) is 0 Å². The summed E-state index contributed by atoms with van der Waals surface area (Å²) in [5, 5.41) is 0. The van der Waals surface area contributed by atoms with Gasteiger partial charge in [0.2, 0.25) is 0 Å². The van der Waals surface area contributed by atoms with Crippen LogP contribution in [-0.2, 0) is 17.8 Å². The predicted molar refractivity (Wildman–Crippen MR) is 137 cm³/mol. The summed E-state index contributed by atoms with van der Waals surface area (Å²) in [6.45, 7) is 12.0. The second kappa shape index (κ2) is 11.3. The number of methoxy groups -OCH3 is 1. The van der Waals surface area contributed by atoms with Gasteiger partial charge < -0.3 is 14.5 Å². The molecule has 0 bridgehead atoms. The lowest BCUT2D eigenvalue weighted by Gasteiger charge is -2.44. The molecule has 4 rings (SSSR count). The van der Waals surface area contributed by atoms with Crippen molar-refractivity contribution in [3.05, 3.63) is 70.8 Å². The van der Waals surface area contributed by atoms with Crippen LogP contribution in [0.15, 0.2) is 48.5 Å². The zero-order valence-electron chi connectivity index (χ0n) is 21.4. The summed E-state index contributed by atoms with van der Waals surface area (Å²) >= 11 is 0. The molecule has 7 nitrogen and oxygen atoms in total. The van der Waals surface area contributed by atoms with Gasteiger partial charge in [-0.25, -0.2) is 4.79 Å². The molecule has 2 aromatic carbocycles. The second-order valence-electron chi connectivity index (χ2n) is 10.1. The minimum absolute atomic E-state index is 0.109. The number of hydrogen-bond donors (Lipinski definition) is 0. The van der Waals surface area contributed by atoms with E-state index in [2.05, 4.69) is 47.7 Å². The first-order valence-electron chi connectivity index (χ1n) is 12.6. The Labute approximate surface area is 209 Å². The zero-order valence-corrected chi connectivity index (χ0v) is 21.4. The van der Waals surface area contributed by atoms with Crippen LogP contribution in [0.3, 0.4) is 0 Å². The first-order valence-corrected chi connectivity index (χ1v) is 12.6. The molecule has 188 valence electrons. The van der Waals surface area contributed by atoms with Gasteiger partial charge in [0.05, 0.1) is 12.7 Å². The number of benzene rings is 2. The molecule has 1 amide bonds. The number of amides is 1. The Morgan fingerprint density at radius 3 is 1.77 bits per heavy atom. The van der Waals surface area contributed by atoms with Gasteiger partial charge in [0.15, 0.2) is 0 Å². The summed E-state index contributed by atoms with van der Waals surface area (Å²) in [6.07, 6.45) is 0. The maximum absolute atomic E-state index is 13.4. The summed E-state index contributed by atoms with van der Waals surface area (Å²) in [7, 11) is 3.56. The van der Waals surface area contributed by atoms with Crippen LogP contribution in [0.1, 0.15) is 45.7 Å². The Balaban J connectivity index is 1.33. The topological polar surface area (TPSA) is 56.3 Å². The summed E-state index contributed by atoms with van der Waals surface area (Å²) in [4.78, 5) is 34.3. The van der Waals surface area contributed by atoms with E-state index < -0.39 is 0 Å².